The number of primary amides is 1. The average molecular weight is 444 g/mol. The highest BCUT2D eigenvalue weighted by atomic mass is 35.5. The molecule has 31 heavy (non-hydrogen) atoms. The zero-order valence-corrected chi connectivity index (χ0v) is 17.9. The quantitative estimate of drug-likeness (QED) is 0.329. The second-order valence-corrected chi connectivity index (χ2v) is 8.24. The highest BCUT2D eigenvalue weighted by molar-refractivity contribution is 6.35. The summed E-state index contributed by atoms with van der Waals surface area (Å²) in [6, 6.07) is 28.7. The van der Waals surface area contributed by atoms with Crippen LogP contribution in [-0.4, -0.2) is 10.5 Å². The highest BCUT2D eigenvalue weighted by Crippen LogP contribution is 2.35. The van der Waals surface area contributed by atoms with Gasteiger partial charge in [0.05, 0.1) is 11.0 Å². The summed E-state index contributed by atoms with van der Waals surface area (Å²) in [6.45, 7) is 0.518. The van der Waals surface area contributed by atoms with E-state index in [1.165, 1.54) is 0 Å². The van der Waals surface area contributed by atoms with E-state index in [4.69, 9.17) is 28.9 Å². The lowest BCUT2D eigenvalue weighted by molar-refractivity contribution is 0.100. The van der Waals surface area contributed by atoms with E-state index in [2.05, 4.69) is 28.8 Å². The van der Waals surface area contributed by atoms with Crippen molar-refractivity contribution in [2.45, 2.75) is 6.54 Å². The number of aromatic nitrogens is 1. The molecule has 4 aromatic carbocycles. The third-order valence-electron chi connectivity index (χ3n) is 5.51. The Morgan fingerprint density at radius 3 is 2.45 bits per heavy atom. The molecule has 0 fully saturated rings. The van der Waals surface area contributed by atoms with Crippen molar-refractivity contribution in [2.75, 3.05) is 0 Å². The fourth-order valence-electron chi connectivity index (χ4n) is 4.05. The lowest BCUT2D eigenvalue weighted by Crippen LogP contribution is -2.11. The van der Waals surface area contributed by atoms with Crippen molar-refractivity contribution in [3.05, 3.63) is 106 Å². The molecule has 0 aliphatic rings. The zero-order chi connectivity index (χ0) is 21.5. The Labute approximate surface area is 189 Å². The summed E-state index contributed by atoms with van der Waals surface area (Å²) in [7, 11) is 0. The van der Waals surface area contributed by atoms with Gasteiger partial charge in [-0.2, -0.15) is 0 Å². The van der Waals surface area contributed by atoms with Crippen LogP contribution < -0.4 is 5.73 Å². The van der Waals surface area contributed by atoms with Crippen LogP contribution in [0.3, 0.4) is 0 Å². The van der Waals surface area contributed by atoms with Gasteiger partial charge < -0.3 is 10.3 Å². The summed E-state index contributed by atoms with van der Waals surface area (Å²) < 4.78 is 2.15. The van der Waals surface area contributed by atoms with E-state index in [-0.39, 0.29) is 0 Å². The molecule has 0 unspecified atom stereocenters. The molecular formula is C26H17Cl2N2O. The van der Waals surface area contributed by atoms with Crippen molar-refractivity contribution in [2.24, 2.45) is 5.73 Å². The zero-order valence-electron chi connectivity index (χ0n) is 16.4. The molecule has 0 aliphatic heterocycles. The predicted octanol–water partition coefficient (Wildman–Crippen LogP) is 6.72. The van der Waals surface area contributed by atoms with Crippen molar-refractivity contribution in [1.82, 2.24) is 4.57 Å². The second-order valence-electron chi connectivity index (χ2n) is 7.40. The fraction of sp³-hybridized carbons (Fsp3) is 0.0385. The molecule has 0 aliphatic carbocycles. The molecule has 1 radical (unpaired) electrons. The standard InChI is InChI=1S/C26H17Cl2N2O/c27-19-11-9-18(22(28)14-19)15-30-23-8-4-7-21(26(29)31)25(23)20-12-10-17(13-24(20)30)16-5-2-1-3-6-16/h1-11,13-14H,15H2,(H2,29,31). The third kappa shape index (κ3) is 3.46. The maximum atomic E-state index is 12.2. The Balaban J connectivity index is 1.81. The van der Waals surface area contributed by atoms with Crippen LogP contribution in [0.2, 0.25) is 10.0 Å². The Hall–Kier alpha value is -3.27. The number of hydrogen-bond acceptors (Lipinski definition) is 1. The molecule has 0 saturated carbocycles. The van der Waals surface area contributed by atoms with Crippen LogP contribution in [0.5, 0.6) is 0 Å². The number of carbonyl (C=O) groups excluding carboxylic acids is 1. The maximum Gasteiger partial charge on any atom is 0.249 e. The van der Waals surface area contributed by atoms with E-state index in [9.17, 15) is 4.79 Å². The van der Waals surface area contributed by atoms with Gasteiger partial charge in [-0.05, 0) is 59.2 Å². The van der Waals surface area contributed by atoms with Crippen LogP contribution >= 0.6 is 23.2 Å². The number of nitrogens with zero attached hydrogens (tertiary/aromatic N) is 1. The number of halogens is 2. The number of nitrogens with two attached hydrogens (primary N) is 1. The van der Waals surface area contributed by atoms with Gasteiger partial charge in [0.25, 0.3) is 0 Å². The molecule has 0 atom stereocenters. The van der Waals surface area contributed by atoms with Crippen molar-refractivity contribution in [3.8, 4) is 11.1 Å². The molecule has 5 aromatic rings. The average Bonchev–Trinajstić information content (AvgIpc) is 3.09. The van der Waals surface area contributed by atoms with Crippen molar-refractivity contribution in [1.29, 1.82) is 0 Å². The van der Waals surface area contributed by atoms with E-state index in [0.717, 1.165) is 38.5 Å². The monoisotopic (exact) mass is 443 g/mol. The summed E-state index contributed by atoms with van der Waals surface area (Å²) in [5.74, 6) is -0.463. The number of fused-ring (bicyclic) bond motifs is 3. The van der Waals surface area contributed by atoms with Crippen molar-refractivity contribution >= 4 is 50.9 Å². The largest absolute Gasteiger partial charge is 0.366 e. The summed E-state index contributed by atoms with van der Waals surface area (Å²) in [5, 5.41) is 2.84. The van der Waals surface area contributed by atoms with Crippen molar-refractivity contribution < 1.29 is 4.79 Å². The van der Waals surface area contributed by atoms with E-state index >= 15 is 0 Å². The molecule has 3 nitrogen and oxygen atoms in total. The summed E-state index contributed by atoms with van der Waals surface area (Å²) >= 11 is 12.6. The van der Waals surface area contributed by atoms with Gasteiger partial charge in [-0.25, -0.2) is 0 Å². The third-order valence-corrected chi connectivity index (χ3v) is 6.10. The molecule has 5 rings (SSSR count). The molecule has 2 N–H and O–H groups in total. The van der Waals surface area contributed by atoms with E-state index < -0.39 is 5.91 Å². The molecule has 1 aromatic heterocycles. The molecule has 151 valence electrons. The number of amides is 1. The number of hydrogen-bond donors (Lipinski definition) is 1. The maximum absolute atomic E-state index is 12.2. The Morgan fingerprint density at radius 1 is 0.903 bits per heavy atom. The lowest BCUT2D eigenvalue weighted by atomic mass is 10.0. The van der Waals surface area contributed by atoms with Gasteiger partial charge in [0.15, 0.2) is 0 Å². The molecular weight excluding hydrogens is 427 g/mol. The Kier molecular flexibility index (Phi) is 4.93. The lowest BCUT2D eigenvalue weighted by Gasteiger charge is -2.11. The van der Waals surface area contributed by atoms with E-state index in [1.807, 2.05) is 48.5 Å². The smallest absolute Gasteiger partial charge is 0.249 e. The normalized spacial score (nSPS) is 11.3. The minimum absolute atomic E-state index is 0.463. The van der Waals surface area contributed by atoms with Crippen LogP contribution in [0, 0.1) is 6.07 Å². The van der Waals surface area contributed by atoms with Crippen LogP contribution in [-0.2, 0) is 6.54 Å². The molecule has 1 amide bonds. The molecule has 0 saturated heterocycles. The number of rotatable bonds is 4. The van der Waals surface area contributed by atoms with Gasteiger partial charge in [-0.1, -0.05) is 65.7 Å². The van der Waals surface area contributed by atoms with Crippen molar-refractivity contribution in [3.63, 3.8) is 0 Å². The van der Waals surface area contributed by atoms with Crippen LogP contribution in [0.15, 0.2) is 78.9 Å². The molecule has 0 bridgehead atoms. The minimum atomic E-state index is -0.463. The first-order chi connectivity index (χ1) is 15.0. The molecule has 0 spiro atoms. The predicted molar refractivity (Wildman–Crippen MR) is 128 cm³/mol. The summed E-state index contributed by atoms with van der Waals surface area (Å²) in [6.07, 6.45) is 0. The first-order valence-corrected chi connectivity index (χ1v) is 10.5. The minimum Gasteiger partial charge on any atom is -0.366 e. The Bertz CT molecular complexity index is 1460. The van der Waals surface area contributed by atoms with E-state index in [1.54, 1.807) is 12.1 Å². The van der Waals surface area contributed by atoms with Crippen LogP contribution in [0.4, 0.5) is 0 Å². The van der Waals surface area contributed by atoms with Gasteiger partial charge in [0, 0.05) is 32.9 Å². The second kappa shape index (κ2) is 7.77. The first kappa shape index (κ1) is 19.7. The van der Waals surface area contributed by atoms with Gasteiger partial charge in [0.1, 0.15) is 0 Å². The number of carbonyl (C=O) groups is 1. The topological polar surface area (TPSA) is 48.0 Å². The molecule has 1 heterocycles. The number of benzene rings is 4. The summed E-state index contributed by atoms with van der Waals surface area (Å²) in [4.78, 5) is 12.2. The first-order valence-electron chi connectivity index (χ1n) is 9.79. The summed E-state index contributed by atoms with van der Waals surface area (Å²) in [5.41, 5.74) is 11.1. The van der Waals surface area contributed by atoms with Crippen LogP contribution in [0.1, 0.15) is 15.9 Å². The van der Waals surface area contributed by atoms with Gasteiger partial charge in [-0.3, -0.25) is 4.79 Å². The SMILES string of the molecule is NC(=O)c1cccc2c1c1[c]cc(-c3ccccc3)cc1n2Cc1ccc(Cl)cc1Cl. The molecule has 5 heteroatoms. The highest BCUT2D eigenvalue weighted by Gasteiger charge is 2.18. The fourth-order valence-corrected chi connectivity index (χ4v) is 4.52. The van der Waals surface area contributed by atoms with Gasteiger partial charge in [-0.15, -0.1) is 0 Å². The van der Waals surface area contributed by atoms with E-state index in [0.29, 0.717) is 22.2 Å². The van der Waals surface area contributed by atoms with Gasteiger partial charge in [0.2, 0.25) is 5.91 Å². The Morgan fingerprint density at radius 2 is 1.71 bits per heavy atom. The van der Waals surface area contributed by atoms with Gasteiger partial charge >= 0.3 is 0 Å². The van der Waals surface area contributed by atoms with Crippen LogP contribution in [0.25, 0.3) is 32.9 Å².